The number of hydrogen-bond acceptors (Lipinski definition) is 2. The number of halogens is 1. The van der Waals surface area contributed by atoms with Crippen molar-refractivity contribution in [3.8, 4) is 0 Å². The number of likely N-dealkylation sites (tertiary alicyclic amines) is 1. The van der Waals surface area contributed by atoms with Crippen molar-refractivity contribution in [3.63, 3.8) is 0 Å². The van der Waals surface area contributed by atoms with Gasteiger partial charge in [0.1, 0.15) is 0 Å². The molecule has 5 nitrogen and oxygen atoms in total. The highest BCUT2D eigenvalue weighted by Gasteiger charge is 2.30. The molecule has 2 unspecified atom stereocenters. The number of hydrogen-bond donors (Lipinski definition) is 1. The van der Waals surface area contributed by atoms with Gasteiger partial charge in [-0.05, 0) is 37.8 Å². The third-order valence-corrected chi connectivity index (χ3v) is 4.98. The highest BCUT2D eigenvalue weighted by molar-refractivity contribution is 6.31. The third-order valence-electron chi connectivity index (χ3n) is 4.62. The van der Waals surface area contributed by atoms with E-state index < -0.39 is 0 Å². The number of aryl methyl sites for hydroxylation is 1. The minimum atomic E-state index is -0.0623. The Morgan fingerprint density at radius 2 is 2.25 bits per heavy atom. The zero-order valence-corrected chi connectivity index (χ0v) is 14.8. The fourth-order valence-corrected chi connectivity index (χ4v) is 3.46. The van der Waals surface area contributed by atoms with Crippen molar-refractivity contribution in [1.82, 2.24) is 20.0 Å². The van der Waals surface area contributed by atoms with E-state index in [4.69, 9.17) is 11.6 Å². The molecule has 128 valence electrons. The fourth-order valence-electron chi connectivity index (χ4n) is 3.25. The normalized spacial score (nSPS) is 18.6. The number of carbonyl (C=O) groups is 1. The largest absolute Gasteiger partial charge is 0.331 e. The van der Waals surface area contributed by atoms with E-state index in [1.807, 2.05) is 49.3 Å². The minimum absolute atomic E-state index is 0.0130. The van der Waals surface area contributed by atoms with Gasteiger partial charge in [0, 0.05) is 36.4 Å². The summed E-state index contributed by atoms with van der Waals surface area (Å²) in [5.41, 5.74) is 2.11. The Morgan fingerprint density at radius 1 is 1.46 bits per heavy atom. The molecule has 1 aromatic carbocycles. The number of nitrogens with one attached hydrogen (secondary N) is 1. The molecule has 24 heavy (non-hydrogen) atoms. The van der Waals surface area contributed by atoms with Gasteiger partial charge in [0.15, 0.2) is 0 Å². The number of nitrogens with zero attached hydrogens (tertiary/aromatic N) is 3. The lowest BCUT2D eigenvalue weighted by atomic mass is 10.0. The van der Waals surface area contributed by atoms with Gasteiger partial charge in [-0.2, -0.15) is 5.10 Å². The maximum Gasteiger partial charge on any atom is 0.318 e. The van der Waals surface area contributed by atoms with E-state index >= 15 is 0 Å². The van der Waals surface area contributed by atoms with Crippen molar-refractivity contribution < 1.29 is 4.79 Å². The van der Waals surface area contributed by atoms with Crippen LogP contribution >= 0.6 is 11.6 Å². The third kappa shape index (κ3) is 3.73. The smallest absolute Gasteiger partial charge is 0.318 e. The first-order valence-corrected chi connectivity index (χ1v) is 8.71. The summed E-state index contributed by atoms with van der Waals surface area (Å²) in [5.74, 6) is 0. The summed E-state index contributed by atoms with van der Waals surface area (Å²) in [6.45, 7) is 2.77. The van der Waals surface area contributed by atoms with Crippen molar-refractivity contribution in [3.05, 3.63) is 52.8 Å². The molecule has 1 aliphatic heterocycles. The highest BCUT2D eigenvalue weighted by atomic mass is 35.5. The van der Waals surface area contributed by atoms with E-state index in [9.17, 15) is 4.79 Å². The monoisotopic (exact) mass is 346 g/mol. The molecule has 1 aliphatic rings. The zero-order chi connectivity index (χ0) is 17.1. The quantitative estimate of drug-likeness (QED) is 0.920. The molecule has 1 N–H and O–H groups in total. The first-order valence-electron chi connectivity index (χ1n) is 8.33. The second kappa shape index (κ2) is 7.26. The standard InChI is InChI=1S/C18H23ClN4O/c1-13(15-11-20-22(2)12-15)21-18(24)23-9-5-7-16(23)10-14-6-3-4-8-17(14)19/h3-4,6,8,11-13,16H,5,7,9-10H2,1-2H3,(H,21,24). The average molecular weight is 347 g/mol. The van der Waals surface area contributed by atoms with Crippen molar-refractivity contribution in [1.29, 1.82) is 0 Å². The average Bonchev–Trinajstić information content (AvgIpc) is 3.18. The van der Waals surface area contributed by atoms with Crippen LogP contribution in [0.15, 0.2) is 36.7 Å². The van der Waals surface area contributed by atoms with Crippen molar-refractivity contribution >= 4 is 17.6 Å². The molecule has 2 heterocycles. The predicted molar refractivity (Wildman–Crippen MR) is 95.0 cm³/mol. The number of urea groups is 1. The molecular weight excluding hydrogens is 324 g/mol. The summed E-state index contributed by atoms with van der Waals surface area (Å²) in [5, 5.41) is 8.01. The summed E-state index contributed by atoms with van der Waals surface area (Å²) < 4.78 is 1.74. The Morgan fingerprint density at radius 3 is 2.96 bits per heavy atom. The molecule has 2 amide bonds. The molecule has 6 heteroatoms. The van der Waals surface area contributed by atoms with E-state index in [-0.39, 0.29) is 18.1 Å². The van der Waals surface area contributed by atoms with Gasteiger partial charge in [-0.15, -0.1) is 0 Å². The van der Waals surface area contributed by atoms with Gasteiger partial charge in [-0.25, -0.2) is 4.79 Å². The molecule has 0 spiro atoms. The van der Waals surface area contributed by atoms with E-state index in [1.54, 1.807) is 10.9 Å². The van der Waals surface area contributed by atoms with Gasteiger partial charge in [0.05, 0.1) is 12.2 Å². The van der Waals surface area contributed by atoms with Crippen molar-refractivity contribution in [2.45, 2.75) is 38.3 Å². The Balaban J connectivity index is 1.64. The van der Waals surface area contributed by atoms with E-state index in [2.05, 4.69) is 10.4 Å². The van der Waals surface area contributed by atoms with Gasteiger partial charge >= 0.3 is 6.03 Å². The van der Waals surface area contributed by atoms with Gasteiger partial charge in [-0.1, -0.05) is 29.8 Å². The number of carbonyl (C=O) groups excluding carboxylic acids is 1. The van der Waals surface area contributed by atoms with Crippen LogP contribution in [-0.4, -0.2) is 33.3 Å². The minimum Gasteiger partial charge on any atom is -0.331 e. The maximum absolute atomic E-state index is 12.7. The molecule has 0 saturated carbocycles. The molecule has 1 fully saturated rings. The van der Waals surface area contributed by atoms with Crippen LogP contribution in [0.5, 0.6) is 0 Å². The van der Waals surface area contributed by atoms with Crippen LogP contribution in [0.1, 0.15) is 36.9 Å². The molecule has 1 saturated heterocycles. The Labute approximate surface area is 147 Å². The van der Waals surface area contributed by atoms with Crippen LogP contribution in [0.4, 0.5) is 4.79 Å². The fraction of sp³-hybridized carbons (Fsp3) is 0.444. The topological polar surface area (TPSA) is 50.2 Å². The lowest BCUT2D eigenvalue weighted by Gasteiger charge is -2.27. The van der Waals surface area contributed by atoms with Crippen LogP contribution in [0.2, 0.25) is 5.02 Å². The second-order valence-corrected chi connectivity index (χ2v) is 6.81. The molecule has 2 aromatic rings. The number of rotatable bonds is 4. The summed E-state index contributed by atoms with van der Waals surface area (Å²) >= 11 is 6.27. The summed E-state index contributed by atoms with van der Waals surface area (Å²) in [6, 6.07) is 7.99. The van der Waals surface area contributed by atoms with Crippen molar-refractivity contribution in [2.24, 2.45) is 7.05 Å². The highest BCUT2D eigenvalue weighted by Crippen LogP contribution is 2.25. The molecule has 2 atom stereocenters. The number of benzene rings is 1. The molecule has 0 bridgehead atoms. The SMILES string of the molecule is CC(NC(=O)N1CCCC1Cc1ccccc1Cl)c1cnn(C)c1. The summed E-state index contributed by atoms with van der Waals surface area (Å²) in [4.78, 5) is 14.6. The van der Waals surface area contributed by atoms with E-state index in [1.165, 1.54) is 0 Å². The van der Waals surface area contributed by atoms with Crippen molar-refractivity contribution in [2.75, 3.05) is 6.54 Å². The second-order valence-electron chi connectivity index (χ2n) is 6.40. The van der Waals surface area contributed by atoms with Crippen LogP contribution < -0.4 is 5.32 Å². The van der Waals surface area contributed by atoms with Gasteiger partial charge in [0.2, 0.25) is 0 Å². The first-order chi connectivity index (χ1) is 11.5. The predicted octanol–water partition coefficient (Wildman–Crippen LogP) is 3.55. The molecular formula is C18H23ClN4O. The Hall–Kier alpha value is -2.01. The summed E-state index contributed by atoms with van der Waals surface area (Å²) in [7, 11) is 1.87. The number of aromatic nitrogens is 2. The lowest BCUT2D eigenvalue weighted by Crippen LogP contribution is -2.44. The lowest BCUT2D eigenvalue weighted by molar-refractivity contribution is 0.189. The Bertz CT molecular complexity index is 715. The molecule has 0 aliphatic carbocycles. The number of amides is 2. The maximum atomic E-state index is 12.7. The van der Waals surface area contributed by atoms with E-state index in [0.29, 0.717) is 0 Å². The van der Waals surface area contributed by atoms with Gasteiger partial charge in [-0.3, -0.25) is 4.68 Å². The van der Waals surface area contributed by atoms with Crippen LogP contribution in [-0.2, 0) is 13.5 Å². The van der Waals surface area contributed by atoms with Gasteiger partial charge in [0.25, 0.3) is 0 Å². The van der Waals surface area contributed by atoms with Gasteiger partial charge < -0.3 is 10.2 Å². The first kappa shape index (κ1) is 16.8. The Kier molecular flexibility index (Phi) is 5.09. The van der Waals surface area contributed by atoms with Crippen LogP contribution in [0, 0.1) is 0 Å². The zero-order valence-electron chi connectivity index (χ0n) is 14.1. The summed E-state index contributed by atoms with van der Waals surface area (Å²) in [6.07, 6.45) is 6.56. The molecule has 0 radical (unpaired) electrons. The van der Waals surface area contributed by atoms with Crippen LogP contribution in [0.3, 0.4) is 0 Å². The molecule has 1 aromatic heterocycles. The molecule has 3 rings (SSSR count). The van der Waals surface area contributed by atoms with Crippen LogP contribution in [0.25, 0.3) is 0 Å². The van der Waals surface area contributed by atoms with E-state index in [0.717, 1.165) is 42.0 Å².